The molecule has 0 bridgehead atoms. The van der Waals surface area contributed by atoms with Crippen LogP contribution in [0.15, 0.2) is 53.4 Å². The Kier molecular flexibility index (Phi) is 7.59. The second-order valence-electron chi connectivity index (χ2n) is 5.74. The highest BCUT2D eigenvalue weighted by Crippen LogP contribution is 2.34. The number of para-hydroxylation sites is 1. The van der Waals surface area contributed by atoms with Crippen molar-refractivity contribution in [1.82, 2.24) is 4.72 Å². The molecule has 2 aromatic carbocycles. The minimum absolute atomic E-state index is 0.00971. The fourth-order valence-electron chi connectivity index (χ4n) is 2.25. The molecule has 0 fully saturated rings. The van der Waals surface area contributed by atoms with E-state index in [9.17, 15) is 26.4 Å². The average Bonchev–Trinajstić information content (AvgIpc) is 2.66. The van der Waals surface area contributed by atoms with Crippen LogP contribution in [-0.2, 0) is 25.7 Å². The summed E-state index contributed by atoms with van der Waals surface area (Å²) in [6.07, 6.45) is -4.61. The standard InChI is InChI=1S/C18H19F3N2O5S/c1-27-11-10-22-29(25,26)14-8-6-13(7-9-14)28-12-17(24)23-16-5-3-2-4-15(16)18(19,20)21/h2-9,22H,10-12H2,1H3,(H,23,24). The largest absolute Gasteiger partial charge is 0.484 e. The molecular weight excluding hydrogens is 413 g/mol. The number of hydrogen-bond acceptors (Lipinski definition) is 5. The molecule has 0 atom stereocenters. The van der Waals surface area contributed by atoms with E-state index in [2.05, 4.69) is 10.0 Å². The Morgan fingerprint density at radius 3 is 2.34 bits per heavy atom. The predicted molar refractivity (Wildman–Crippen MR) is 99.1 cm³/mol. The molecule has 1 amide bonds. The summed E-state index contributed by atoms with van der Waals surface area (Å²) in [7, 11) is -2.27. The molecule has 7 nitrogen and oxygen atoms in total. The second kappa shape index (κ2) is 9.72. The normalized spacial score (nSPS) is 11.9. The van der Waals surface area contributed by atoms with Gasteiger partial charge in [-0.1, -0.05) is 12.1 Å². The van der Waals surface area contributed by atoms with E-state index in [1.54, 1.807) is 0 Å². The van der Waals surface area contributed by atoms with E-state index in [1.165, 1.54) is 43.5 Å². The first-order valence-corrected chi connectivity index (χ1v) is 9.79. The first kappa shape index (κ1) is 22.7. The van der Waals surface area contributed by atoms with Gasteiger partial charge in [0.15, 0.2) is 6.61 Å². The zero-order valence-electron chi connectivity index (χ0n) is 15.3. The number of benzene rings is 2. The van der Waals surface area contributed by atoms with Crippen molar-refractivity contribution in [3.63, 3.8) is 0 Å². The third-order valence-corrected chi connectivity index (χ3v) is 5.09. The van der Waals surface area contributed by atoms with Crippen LogP contribution < -0.4 is 14.8 Å². The third-order valence-electron chi connectivity index (χ3n) is 3.61. The highest BCUT2D eigenvalue weighted by atomic mass is 32.2. The van der Waals surface area contributed by atoms with Gasteiger partial charge in [0.05, 0.1) is 22.8 Å². The van der Waals surface area contributed by atoms with E-state index >= 15 is 0 Å². The Morgan fingerprint density at radius 2 is 1.72 bits per heavy atom. The molecular formula is C18H19F3N2O5S. The zero-order chi connectivity index (χ0) is 21.5. The number of methoxy groups -OCH3 is 1. The lowest BCUT2D eigenvalue weighted by Gasteiger charge is -2.14. The molecule has 0 saturated heterocycles. The second-order valence-corrected chi connectivity index (χ2v) is 7.51. The molecule has 2 rings (SSSR count). The van der Waals surface area contributed by atoms with Crippen molar-refractivity contribution in [2.45, 2.75) is 11.1 Å². The van der Waals surface area contributed by atoms with E-state index in [4.69, 9.17) is 9.47 Å². The van der Waals surface area contributed by atoms with Crippen molar-refractivity contribution in [2.24, 2.45) is 0 Å². The highest BCUT2D eigenvalue weighted by molar-refractivity contribution is 7.89. The molecule has 11 heteroatoms. The maximum Gasteiger partial charge on any atom is 0.418 e. The van der Waals surface area contributed by atoms with Gasteiger partial charge in [0, 0.05) is 13.7 Å². The minimum atomic E-state index is -4.61. The highest BCUT2D eigenvalue weighted by Gasteiger charge is 2.33. The SMILES string of the molecule is COCCNS(=O)(=O)c1ccc(OCC(=O)Nc2ccccc2C(F)(F)F)cc1. The lowest BCUT2D eigenvalue weighted by Crippen LogP contribution is -2.27. The number of carbonyl (C=O) groups is 1. The summed E-state index contributed by atoms with van der Waals surface area (Å²) >= 11 is 0. The molecule has 0 unspecified atom stereocenters. The number of sulfonamides is 1. The molecule has 2 aromatic rings. The molecule has 2 N–H and O–H groups in total. The molecule has 0 aliphatic rings. The number of nitrogens with one attached hydrogen (secondary N) is 2. The zero-order valence-corrected chi connectivity index (χ0v) is 16.1. The quantitative estimate of drug-likeness (QED) is 0.595. The predicted octanol–water partition coefficient (Wildman–Crippen LogP) is 2.65. The Bertz CT molecular complexity index is 931. The molecule has 0 aliphatic carbocycles. The van der Waals surface area contributed by atoms with Crippen LogP contribution in [0.4, 0.5) is 18.9 Å². The summed E-state index contributed by atoms with van der Waals surface area (Å²) < 4.78 is 75.2. The first-order valence-electron chi connectivity index (χ1n) is 8.31. The molecule has 0 heterocycles. The summed E-state index contributed by atoms with van der Waals surface area (Å²) in [5, 5.41) is 2.15. The topological polar surface area (TPSA) is 93.7 Å². The number of alkyl halides is 3. The molecule has 158 valence electrons. The number of hydrogen-bond donors (Lipinski definition) is 2. The monoisotopic (exact) mass is 432 g/mol. The van der Waals surface area contributed by atoms with E-state index in [0.29, 0.717) is 0 Å². The summed E-state index contributed by atoms with van der Waals surface area (Å²) in [4.78, 5) is 11.9. The first-order chi connectivity index (χ1) is 13.6. The summed E-state index contributed by atoms with van der Waals surface area (Å²) in [6.45, 7) is -0.228. The number of rotatable bonds is 9. The van der Waals surface area contributed by atoms with Crippen LogP contribution in [-0.4, -0.2) is 41.2 Å². The van der Waals surface area contributed by atoms with Gasteiger partial charge >= 0.3 is 6.18 Å². The summed E-state index contributed by atoms with van der Waals surface area (Å²) in [5.74, 6) is -0.611. The van der Waals surface area contributed by atoms with Gasteiger partial charge in [-0.15, -0.1) is 0 Å². The lowest BCUT2D eigenvalue weighted by atomic mass is 10.1. The van der Waals surface area contributed by atoms with E-state index in [0.717, 1.165) is 12.1 Å². The maximum atomic E-state index is 12.9. The van der Waals surface area contributed by atoms with Crippen molar-refractivity contribution in [3.05, 3.63) is 54.1 Å². The van der Waals surface area contributed by atoms with Crippen molar-refractivity contribution < 1.29 is 35.9 Å². The number of ether oxygens (including phenoxy) is 2. The van der Waals surface area contributed by atoms with Gasteiger partial charge in [0.1, 0.15) is 5.75 Å². The molecule has 29 heavy (non-hydrogen) atoms. The maximum absolute atomic E-state index is 12.9. The van der Waals surface area contributed by atoms with Crippen LogP contribution in [0.3, 0.4) is 0 Å². The van der Waals surface area contributed by atoms with Crippen molar-refractivity contribution in [2.75, 3.05) is 32.2 Å². The van der Waals surface area contributed by atoms with Crippen LogP contribution in [0, 0.1) is 0 Å². The van der Waals surface area contributed by atoms with Crippen LogP contribution in [0.25, 0.3) is 0 Å². The number of amides is 1. The van der Waals surface area contributed by atoms with E-state index < -0.39 is 34.3 Å². The lowest BCUT2D eigenvalue weighted by molar-refractivity contribution is -0.137. The van der Waals surface area contributed by atoms with Gasteiger partial charge in [-0.25, -0.2) is 13.1 Å². The fourth-order valence-corrected chi connectivity index (χ4v) is 3.26. The Hall–Kier alpha value is -2.63. The van der Waals surface area contributed by atoms with Crippen LogP contribution in [0.1, 0.15) is 5.56 Å². The fraction of sp³-hybridized carbons (Fsp3) is 0.278. The van der Waals surface area contributed by atoms with Gasteiger partial charge in [-0.05, 0) is 36.4 Å². The van der Waals surface area contributed by atoms with Gasteiger partial charge in [0.2, 0.25) is 10.0 Å². The smallest absolute Gasteiger partial charge is 0.418 e. The van der Waals surface area contributed by atoms with Crippen LogP contribution in [0.5, 0.6) is 5.75 Å². The van der Waals surface area contributed by atoms with E-state index in [-0.39, 0.29) is 29.5 Å². The van der Waals surface area contributed by atoms with Crippen LogP contribution >= 0.6 is 0 Å². The number of halogens is 3. The molecule has 0 radical (unpaired) electrons. The summed E-state index contributed by atoms with van der Waals surface area (Å²) in [6, 6.07) is 9.81. The van der Waals surface area contributed by atoms with Gasteiger partial charge < -0.3 is 14.8 Å². The molecule has 0 spiro atoms. The Balaban J connectivity index is 1.95. The van der Waals surface area contributed by atoms with Crippen molar-refractivity contribution >= 4 is 21.6 Å². The van der Waals surface area contributed by atoms with Gasteiger partial charge in [-0.2, -0.15) is 13.2 Å². The molecule has 0 aliphatic heterocycles. The Labute approximate surface area is 165 Å². The minimum Gasteiger partial charge on any atom is -0.484 e. The average molecular weight is 432 g/mol. The Morgan fingerprint density at radius 1 is 1.07 bits per heavy atom. The van der Waals surface area contributed by atoms with Crippen LogP contribution in [0.2, 0.25) is 0 Å². The molecule has 0 aromatic heterocycles. The van der Waals surface area contributed by atoms with Crippen molar-refractivity contribution in [3.8, 4) is 5.75 Å². The van der Waals surface area contributed by atoms with Gasteiger partial charge in [0.25, 0.3) is 5.91 Å². The summed E-state index contributed by atoms with van der Waals surface area (Å²) in [5.41, 5.74) is -1.35. The van der Waals surface area contributed by atoms with E-state index in [1.807, 2.05) is 0 Å². The van der Waals surface area contributed by atoms with Crippen molar-refractivity contribution in [1.29, 1.82) is 0 Å². The number of anilines is 1. The third kappa shape index (κ3) is 6.73. The van der Waals surface area contributed by atoms with Gasteiger partial charge in [-0.3, -0.25) is 4.79 Å². The molecule has 0 saturated carbocycles. The number of carbonyl (C=O) groups excluding carboxylic acids is 1.